The maximum absolute atomic E-state index is 14.9. The fourth-order valence-electron chi connectivity index (χ4n) is 15.3. The molecule has 5 fully saturated rings. The molecule has 0 spiro atoms. The Balaban J connectivity index is 0.000000218. The van der Waals surface area contributed by atoms with Crippen LogP contribution in [0.1, 0.15) is 133 Å². The number of hydrogen-bond donors (Lipinski definition) is 4. The number of amides is 2. The molecule has 0 bridgehead atoms. The van der Waals surface area contributed by atoms with Gasteiger partial charge in [0.05, 0.1) is 23.3 Å². The molecule has 5 aliphatic rings. The first kappa shape index (κ1) is 67.8. The third-order valence-electron chi connectivity index (χ3n) is 20.1. The molecule has 3 atom stereocenters. The predicted octanol–water partition coefficient (Wildman–Crippen LogP) is 13.7. The Morgan fingerprint density at radius 1 is 0.775 bits per heavy atom. The molecule has 4 aliphatic heterocycles. The van der Waals surface area contributed by atoms with Crippen molar-refractivity contribution in [3.63, 3.8) is 0 Å². The lowest BCUT2D eigenvalue weighted by atomic mass is 9.57. The number of hydrogen-bond acceptors (Lipinski definition) is 11. The van der Waals surface area contributed by atoms with Crippen molar-refractivity contribution in [2.75, 3.05) is 82.3 Å². The molecule has 3 unspecified atom stereocenters. The number of nitriles is 2. The number of benzene rings is 4. The summed E-state index contributed by atoms with van der Waals surface area (Å²) in [6.45, 7) is 20.9. The van der Waals surface area contributed by atoms with E-state index in [1.807, 2.05) is 69.4 Å². The van der Waals surface area contributed by atoms with Gasteiger partial charge in [0.1, 0.15) is 29.4 Å². The number of piperidine rings is 2. The Hall–Kier alpha value is -7.12. The highest BCUT2D eigenvalue weighted by molar-refractivity contribution is 6.30. The minimum Gasteiger partial charge on any atom is -0.465 e. The smallest absolute Gasteiger partial charge is 0.407 e. The van der Waals surface area contributed by atoms with Crippen molar-refractivity contribution < 1.29 is 32.6 Å². The second-order valence-corrected chi connectivity index (χ2v) is 26.8. The Morgan fingerprint density at radius 3 is 1.69 bits per heavy atom. The topological polar surface area (TPSA) is 204 Å². The zero-order valence-electron chi connectivity index (χ0n) is 52.8. The molecule has 89 heavy (non-hydrogen) atoms. The normalized spacial score (nSPS) is 18.9. The van der Waals surface area contributed by atoms with Gasteiger partial charge in [-0.25, -0.2) is 27.7 Å². The second-order valence-electron chi connectivity index (χ2n) is 26.4. The number of halogens is 4. The zero-order valence-corrected chi connectivity index (χ0v) is 53.6. The summed E-state index contributed by atoms with van der Waals surface area (Å²) in [6.07, 6.45) is 12.8. The van der Waals surface area contributed by atoms with Gasteiger partial charge in [0.2, 0.25) is 0 Å². The third kappa shape index (κ3) is 17.2. The summed E-state index contributed by atoms with van der Waals surface area (Å²) in [6, 6.07) is 29.1. The predicted molar refractivity (Wildman–Crippen MR) is 345 cm³/mol. The van der Waals surface area contributed by atoms with Crippen LogP contribution in [0, 0.1) is 87.5 Å². The average Bonchev–Trinajstić information content (AvgIpc) is 1.68. The van der Waals surface area contributed by atoms with E-state index >= 15 is 0 Å². The number of likely N-dealkylation sites (tertiary alicyclic amines) is 2. The van der Waals surface area contributed by atoms with Gasteiger partial charge in [-0.3, -0.25) is 0 Å². The number of alkyl carbamates (subject to hydrolysis) is 1. The number of nitrogens with two attached hydrogens (primary N) is 1. The summed E-state index contributed by atoms with van der Waals surface area (Å²) in [5, 5.41) is 37.0. The lowest BCUT2D eigenvalue weighted by Crippen LogP contribution is -2.54. The van der Waals surface area contributed by atoms with Crippen molar-refractivity contribution in [3.8, 4) is 12.1 Å². The minimum atomic E-state index is -1.33. The number of carbonyl (C=O) groups excluding carboxylic acids is 1. The average molecular weight is 1240 g/mol. The summed E-state index contributed by atoms with van der Waals surface area (Å²) in [4.78, 5) is 35.6. The summed E-state index contributed by atoms with van der Waals surface area (Å²) in [5.41, 5.74) is 8.51. The van der Waals surface area contributed by atoms with Crippen molar-refractivity contribution in [3.05, 3.63) is 148 Å². The van der Waals surface area contributed by atoms with Crippen molar-refractivity contribution in [2.24, 2.45) is 40.7 Å². The van der Waals surface area contributed by atoms with Gasteiger partial charge in [-0.05, 0) is 206 Å². The number of anilines is 2. The maximum atomic E-state index is 14.9. The second kappa shape index (κ2) is 30.6. The quantitative estimate of drug-likeness (QED) is 0.0509. The van der Waals surface area contributed by atoms with Crippen molar-refractivity contribution in [1.29, 1.82) is 15.9 Å². The first-order chi connectivity index (χ1) is 42.6. The molecule has 5 heterocycles. The van der Waals surface area contributed by atoms with E-state index in [2.05, 4.69) is 77.6 Å². The molecule has 478 valence electrons. The molecule has 4 aromatic carbocycles. The minimum absolute atomic E-state index is 0.0813. The molecule has 2 amide bonds. The van der Waals surface area contributed by atoms with Gasteiger partial charge in [-0.2, -0.15) is 10.5 Å². The van der Waals surface area contributed by atoms with Crippen LogP contribution in [0.2, 0.25) is 5.02 Å². The Kier molecular flexibility index (Phi) is 23.3. The molecule has 19 heteroatoms. The molecule has 1 aliphatic carbocycles. The largest absolute Gasteiger partial charge is 0.465 e. The maximum Gasteiger partial charge on any atom is 0.407 e. The first-order valence-corrected chi connectivity index (χ1v) is 32.2. The van der Waals surface area contributed by atoms with Gasteiger partial charge in [-0.1, -0.05) is 51.6 Å². The zero-order chi connectivity index (χ0) is 64.0. The number of carbonyl (C=O) groups is 2. The van der Waals surface area contributed by atoms with E-state index in [0.717, 1.165) is 127 Å². The van der Waals surface area contributed by atoms with Gasteiger partial charge in [0, 0.05) is 122 Å². The molecular weight excluding hydrogens is 1150 g/mol. The van der Waals surface area contributed by atoms with Crippen LogP contribution in [0.5, 0.6) is 0 Å². The molecule has 0 radical (unpaired) electrons. The monoisotopic (exact) mass is 1240 g/mol. The lowest BCUT2D eigenvalue weighted by Gasteiger charge is -2.51. The summed E-state index contributed by atoms with van der Waals surface area (Å²) in [7, 11) is 1.53. The lowest BCUT2D eigenvalue weighted by molar-refractivity contribution is 0.0307. The van der Waals surface area contributed by atoms with Crippen LogP contribution in [0.25, 0.3) is 0 Å². The standard InChI is InChI=1S/C36H49F2N5O2.C33H39ClFN5.CH3NO2/c1-6-7-33(45-34(44)41-5)19-36(24-35(3,4)25(2)40,29-16-30(37)18-31(38)17-29)28-12-14-42(15-13-28)21-27-22-43(23-27)32-10-8-26(20-39)9-11-32;1-24-37-12-15-39(24)23-33(27-4-2-3-5-27,29-16-30(34)18-31(35)17-29)28-10-13-38(14-11-28)20-26-21-40(22-26)32-8-6-25(19-36)7-9-32;2-1(3)4/h8-11,16-18,27-28,33,40H,6-7,12-15,19,21-24H2,1-5H3,(H,41,44);6-9,12,15-18,26-28H,2-5,10-11,13-14,20-23H2,1H3;2H2,(H,3,4). The number of nitrogens with one attached hydrogen (secondary N) is 2. The van der Waals surface area contributed by atoms with E-state index in [-0.39, 0.29) is 17.2 Å². The number of imidazole rings is 1. The molecule has 5 aromatic rings. The van der Waals surface area contributed by atoms with Gasteiger partial charge in [0.25, 0.3) is 0 Å². The number of primary amides is 1. The van der Waals surface area contributed by atoms with Crippen molar-refractivity contribution >= 4 is 40.9 Å². The number of rotatable bonds is 21. The third-order valence-corrected chi connectivity index (χ3v) is 20.3. The number of aromatic nitrogens is 2. The molecule has 4 saturated heterocycles. The van der Waals surface area contributed by atoms with Crippen LogP contribution in [0.4, 0.5) is 34.1 Å². The molecule has 5 N–H and O–H groups in total. The SMILES string of the molecule is CCCC(CC(CC(C)(C)C(C)=N)(c1cc(F)cc(F)c1)C1CCN(CC2CN(c3ccc(C#N)cc3)C2)CC1)OC(=O)NC.Cc1nccn1CC(c1cc(F)cc(Cl)c1)(C1CCCC1)C1CCN(CC2CN(c3ccc(C#N)cc3)C2)CC1.NC(=O)O. The Labute approximate surface area is 529 Å². The van der Waals surface area contributed by atoms with Crippen LogP contribution in [0.15, 0.2) is 97.3 Å². The van der Waals surface area contributed by atoms with E-state index in [9.17, 15) is 18.0 Å². The molecule has 1 aromatic heterocycles. The number of aryl methyl sites for hydroxylation is 1. The summed E-state index contributed by atoms with van der Waals surface area (Å²) < 4.78 is 52.9. The van der Waals surface area contributed by atoms with Crippen LogP contribution in [0.3, 0.4) is 0 Å². The van der Waals surface area contributed by atoms with E-state index in [0.29, 0.717) is 70.4 Å². The van der Waals surface area contributed by atoms with Gasteiger partial charge in [0.15, 0.2) is 0 Å². The summed E-state index contributed by atoms with van der Waals surface area (Å²) >= 11 is 6.50. The van der Waals surface area contributed by atoms with Crippen LogP contribution in [-0.4, -0.2) is 121 Å². The number of carboxylic acid groups (broad SMARTS) is 1. The number of ether oxygens (including phenoxy) is 1. The van der Waals surface area contributed by atoms with Gasteiger partial charge in [-0.15, -0.1) is 0 Å². The van der Waals surface area contributed by atoms with E-state index in [1.54, 1.807) is 13.0 Å². The summed E-state index contributed by atoms with van der Waals surface area (Å²) in [5.74, 6) is 1.81. The van der Waals surface area contributed by atoms with Gasteiger partial charge >= 0.3 is 12.2 Å². The highest BCUT2D eigenvalue weighted by Crippen LogP contribution is 2.53. The fraction of sp³-hybridized carbons (Fsp3) is 0.543. The van der Waals surface area contributed by atoms with E-state index in [1.165, 1.54) is 56.6 Å². The molecule has 15 nitrogen and oxygen atoms in total. The van der Waals surface area contributed by atoms with E-state index < -0.39 is 40.8 Å². The Bertz CT molecular complexity index is 3200. The first-order valence-electron chi connectivity index (χ1n) is 31.8. The highest BCUT2D eigenvalue weighted by atomic mass is 35.5. The fourth-order valence-corrected chi connectivity index (χ4v) is 15.5. The molecule has 10 rings (SSSR count). The van der Waals surface area contributed by atoms with Crippen LogP contribution >= 0.6 is 11.6 Å². The Morgan fingerprint density at radius 2 is 1.25 bits per heavy atom. The molecule has 1 saturated carbocycles. The molecular formula is C70H91ClF3N11O4. The van der Waals surface area contributed by atoms with Crippen LogP contribution in [-0.2, 0) is 22.1 Å². The van der Waals surface area contributed by atoms with E-state index in [4.69, 9.17) is 42.2 Å². The number of nitrogens with zero attached hydrogens (tertiary/aromatic N) is 8. The highest BCUT2D eigenvalue weighted by Gasteiger charge is 2.51. The van der Waals surface area contributed by atoms with Crippen LogP contribution < -0.4 is 20.9 Å². The van der Waals surface area contributed by atoms with Gasteiger partial charge < -0.3 is 50.5 Å². The van der Waals surface area contributed by atoms with Crippen molar-refractivity contribution in [1.82, 2.24) is 24.7 Å². The van der Waals surface area contributed by atoms with Crippen molar-refractivity contribution in [2.45, 2.75) is 135 Å².